The van der Waals surface area contributed by atoms with Gasteiger partial charge < -0.3 is 65.1 Å². The summed E-state index contributed by atoms with van der Waals surface area (Å²) < 4.78 is 22.7. The molecule has 0 radical (unpaired) electrons. The van der Waals surface area contributed by atoms with Crippen LogP contribution in [0.25, 0.3) is 0 Å². The van der Waals surface area contributed by atoms with E-state index in [1.165, 1.54) is 51.4 Å². The summed E-state index contributed by atoms with van der Waals surface area (Å²) in [5, 5.41) is 86.9. The highest BCUT2D eigenvalue weighted by atomic mass is 16.7. The lowest BCUT2D eigenvalue weighted by atomic mass is 9.97. The number of hydrogen-bond donors (Lipinski definition) is 9. The van der Waals surface area contributed by atoms with Crippen LogP contribution in [0.5, 0.6) is 0 Å². The van der Waals surface area contributed by atoms with Crippen LogP contribution < -0.4 is 5.32 Å². The third-order valence-corrected chi connectivity index (χ3v) is 12.5. The van der Waals surface area contributed by atoms with Gasteiger partial charge in [0, 0.05) is 6.42 Å². The molecule has 0 saturated carbocycles. The average molecular weight is 952 g/mol. The Hall–Kier alpha value is -2.31. The maximum Gasteiger partial charge on any atom is 0.220 e. The van der Waals surface area contributed by atoms with Crippen LogP contribution in [0.3, 0.4) is 0 Å². The van der Waals surface area contributed by atoms with E-state index in [1.54, 1.807) is 0 Å². The molecular weight excluding hydrogens is 859 g/mol. The number of aliphatic hydroxyl groups is 8. The maximum atomic E-state index is 13.2. The Morgan fingerprint density at radius 1 is 0.552 bits per heavy atom. The molecule has 2 aliphatic heterocycles. The molecule has 0 spiro atoms. The summed E-state index contributed by atoms with van der Waals surface area (Å²) in [5.41, 5.74) is 0. The van der Waals surface area contributed by atoms with E-state index < -0.39 is 86.8 Å². The second-order valence-electron chi connectivity index (χ2n) is 18.3. The number of carbonyl (C=O) groups is 1. The summed E-state index contributed by atoms with van der Waals surface area (Å²) in [5.74, 6) is -0.229. The molecule has 67 heavy (non-hydrogen) atoms. The Morgan fingerprint density at radius 3 is 1.58 bits per heavy atom. The van der Waals surface area contributed by atoms with E-state index >= 15 is 0 Å². The van der Waals surface area contributed by atoms with Gasteiger partial charge in [-0.15, -0.1) is 0 Å². The zero-order valence-electron chi connectivity index (χ0n) is 41.1. The molecule has 0 aromatic heterocycles. The smallest absolute Gasteiger partial charge is 0.220 e. The SMILES string of the molecule is CC/C=C\C/C=C\C/C=C\C/C=C\C/C=C\CCCCCCCC(=O)NC(COC1OC(CO)C(OC2OC(CO)C(O)C(O)C2O)C(O)C1O)C(O)CCCCCCCCCCCCCC. The first-order chi connectivity index (χ1) is 32.6. The van der Waals surface area contributed by atoms with Gasteiger partial charge in [-0.05, 0) is 57.8 Å². The lowest BCUT2D eigenvalue weighted by Gasteiger charge is -2.46. The number of carbonyl (C=O) groups excluding carboxylic acids is 1. The van der Waals surface area contributed by atoms with Gasteiger partial charge in [0.2, 0.25) is 5.91 Å². The standard InChI is InChI=1S/C53H93NO13/c1-3-5-7-9-11-13-15-17-18-19-20-21-22-23-24-25-27-29-31-33-35-37-45(58)54-41(42(57)36-34-32-30-28-26-16-14-12-10-8-6-4-2)40-64-52-50(63)48(61)51(44(39-56)66-52)67-53-49(62)47(60)46(59)43(38-55)65-53/h5,7,11,13,17-18,20-21,23-24,41-44,46-53,55-57,59-63H,3-4,6,8-10,12,14-16,19,22,25-40H2,1-2H3,(H,54,58)/b7-5-,13-11-,18-17-,21-20-,24-23-. The summed E-state index contributed by atoms with van der Waals surface area (Å²) in [6.07, 6.45) is 30.7. The van der Waals surface area contributed by atoms with Crippen molar-refractivity contribution in [1.82, 2.24) is 5.32 Å². The van der Waals surface area contributed by atoms with Crippen molar-refractivity contribution < 1.29 is 64.6 Å². The number of nitrogens with one attached hydrogen (secondary N) is 1. The lowest BCUT2D eigenvalue weighted by molar-refractivity contribution is -0.359. The van der Waals surface area contributed by atoms with Gasteiger partial charge in [0.15, 0.2) is 12.6 Å². The molecule has 2 rings (SSSR count). The van der Waals surface area contributed by atoms with Crippen molar-refractivity contribution in [2.45, 2.75) is 248 Å². The van der Waals surface area contributed by atoms with Crippen molar-refractivity contribution in [3.63, 3.8) is 0 Å². The van der Waals surface area contributed by atoms with Crippen LogP contribution >= 0.6 is 0 Å². The molecule has 388 valence electrons. The third kappa shape index (κ3) is 26.5. The number of hydrogen-bond acceptors (Lipinski definition) is 13. The molecule has 2 aliphatic rings. The van der Waals surface area contributed by atoms with Crippen LogP contribution in [0, 0.1) is 0 Å². The van der Waals surface area contributed by atoms with E-state index in [0.717, 1.165) is 89.9 Å². The van der Waals surface area contributed by atoms with Gasteiger partial charge in [-0.2, -0.15) is 0 Å². The number of allylic oxidation sites excluding steroid dienone is 10. The Morgan fingerprint density at radius 2 is 1.03 bits per heavy atom. The topological polar surface area (TPSA) is 228 Å². The zero-order chi connectivity index (χ0) is 48.9. The number of aliphatic hydroxyl groups excluding tert-OH is 8. The van der Waals surface area contributed by atoms with Gasteiger partial charge in [-0.3, -0.25) is 4.79 Å². The molecule has 0 aromatic carbocycles. The lowest BCUT2D eigenvalue weighted by Crippen LogP contribution is -2.65. The van der Waals surface area contributed by atoms with E-state index in [4.69, 9.17) is 18.9 Å². The molecule has 9 N–H and O–H groups in total. The molecule has 0 aromatic rings. The first-order valence-corrected chi connectivity index (χ1v) is 26.0. The summed E-state index contributed by atoms with van der Waals surface area (Å²) in [7, 11) is 0. The van der Waals surface area contributed by atoms with E-state index in [9.17, 15) is 45.6 Å². The predicted octanol–water partition coefficient (Wildman–Crippen LogP) is 7.05. The minimum atomic E-state index is -1.79. The predicted molar refractivity (Wildman–Crippen MR) is 263 cm³/mol. The van der Waals surface area contributed by atoms with Gasteiger partial charge in [0.1, 0.15) is 48.8 Å². The molecule has 2 heterocycles. The van der Waals surface area contributed by atoms with E-state index in [2.05, 4.69) is 79.9 Å². The number of rotatable bonds is 39. The van der Waals surface area contributed by atoms with Crippen molar-refractivity contribution in [1.29, 1.82) is 0 Å². The van der Waals surface area contributed by atoms with Gasteiger partial charge in [-0.1, -0.05) is 171 Å². The quantitative estimate of drug-likeness (QED) is 0.0223. The number of ether oxygens (including phenoxy) is 4. The van der Waals surface area contributed by atoms with Crippen LogP contribution in [0.4, 0.5) is 0 Å². The van der Waals surface area contributed by atoms with Gasteiger partial charge in [0.25, 0.3) is 0 Å². The second-order valence-corrected chi connectivity index (χ2v) is 18.3. The van der Waals surface area contributed by atoms with Crippen LogP contribution in [0.15, 0.2) is 60.8 Å². The zero-order valence-corrected chi connectivity index (χ0v) is 41.1. The number of unbranched alkanes of at least 4 members (excludes halogenated alkanes) is 16. The molecule has 0 aliphatic carbocycles. The van der Waals surface area contributed by atoms with E-state index in [0.29, 0.717) is 12.8 Å². The van der Waals surface area contributed by atoms with Gasteiger partial charge >= 0.3 is 0 Å². The second kappa shape index (κ2) is 39.4. The normalized spacial score (nSPS) is 27.1. The highest BCUT2D eigenvalue weighted by Crippen LogP contribution is 2.30. The maximum absolute atomic E-state index is 13.2. The third-order valence-electron chi connectivity index (χ3n) is 12.5. The van der Waals surface area contributed by atoms with Crippen LogP contribution in [0.1, 0.15) is 174 Å². The Labute approximate surface area is 403 Å². The number of amides is 1. The highest BCUT2D eigenvalue weighted by molar-refractivity contribution is 5.76. The molecule has 2 saturated heterocycles. The average Bonchev–Trinajstić information content (AvgIpc) is 3.32. The van der Waals surface area contributed by atoms with Crippen molar-refractivity contribution in [3.8, 4) is 0 Å². The minimum Gasteiger partial charge on any atom is -0.394 e. The van der Waals surface area contributed by atoms with Gasteiger partial charge in [-0.25, -0.2) is 0 Å². The van der Waals surface area contributed by atoms with E-state index in [-0.39, 0.29) is 18.9 Å². The molecule has 14 nitrogen and oxygen atoms in total. The van der Waals surface area contributed by atoms with Crippen molar-refractivity contribution >= 4 is 5.91 Å². The van der Waals surface area contributed by atoms with Crippen molar-refractivity contribution in [2.75, 3.05) is 19.8 Å². The largest absolute Gasteiger partial charge is 0.394 e. The molecule has 12 atom stereocenters. The fraction of sp³-hybridized carbons (Fsp3) is 0.792. The van der Waals surface area contributed by atoms with Gasteiger partial charge in [0.05, 0.1) is 32.0 Å². The minimum absolute atomic E-state index is 0.229. The molecule has 2 fully saturated rings. The molecule has 1 amide bonds. The van der Waals surface area contributed by atoms with Crippen LogP contribution in [-0.4, -0.2) is 140 Å². The van der Waals surface area contributed by atoms with Crippen LogP contribution in [0.2, 0.25) is 0 Å². The highest BCUT2D eigenvalue weighted by Gasteiger charge is 2.51. The molecule has 14 heteroatoms. The molecule has 0 bridgehead atoms. The Balaban J connectivity index is 1.81. The fourth-order valence-electron chi connectivity index (χ4n) is 8.26. The Kier molecular flexibility index (Phi) is 35.8. The van der Waals surface area contributed by atoms with Crippen LogP contribution in [-0.2, 0) is 23.7 Å². The summed E-state index contributed by atoms with van der Waals surface area (Å²) in [6, 6.07) is -0.840. The monoisotopic (exact) mass is 952 g/mol. The first-order valence-electron chi connectivity index (χ1n) is 26.0. The van der Waals surface area contributed by atoms with E-state index in [1.807, 2.05) is 0 Å². The van der Waals surface area contributed by atoms with Crippen molar-refractivity contribution in [2.24, 2.45) is 0 Å². The molecular formula is C53H93NO13. The first kappa shape index (κ1) is 60.8. The summed E-state index contributed by atoms with van der Waals surface area (Å²) in [4.78, 5) is 13.2. The van der Waals surface area contributed by atoms with Crippen molar-refractivity contribution in [3.05, 3.63) is 60.8 Å². The summed E-state index contributed by atoms with van der Waals surface area (Å²) in [6.45, 7) is 2.70. The summed E-state index contributed by atoms with van der Waals surface area (Å²) >= 11 is 0. The Bertz CT molecular complexity index is 1360. The molecule has 12 unspecified atom stereocenters. The fourth-order valence-corrected chi connectivity index (χ4v) is 8.26.